The zero-order valence-corrected chi connectivity index (χ0v) is 9.78. The van der Waals surface area contributed by atoms with Gasteiger partial charge in [-0.3, -0.25) is 0 Å². The molecule has 1 fully saturated rings. The minimum absolute atomic E-state index is 0.0112. The smallest absolute Gasteiger partial charge is 0.368 e. The number of alkyl halides is 3. The van der Waals surface area contributed by atoms with E-state index in [1.165, 1.54) is 0 Å². The van der Waals surface area contributed by atoms with Crippen LogP contribution in [0.25, 0.3) is 0 Å². The van der Waals surface area contributed by atoms with E-state index in [0.29, 0.717) is 13.1 Å². The lowest BCUT2D eigenvalue weighted by molar-refractivity contribution is -0.144. The summed E-state index contributed by atoms with van der Waals surface area (Å²) in [7, 11) is 1.94. The fourth-order valence-electron chi connectivity index (χ4n) is 1.66. The summed E-state index contributed by atoms with van der Waals surface area (Å²) < 4.78 is 37.6. The van der Waals surface area contributed by atoms with Crippen LogP contribution < -0.4 is 10.6 Å². The van der Waals surface area contributed by atoms with Crippen LogP contribution in [0.15, 0.2) is 0 Å². The molecule has 0 radical (unpaired) electrons. The summed E-state index contributed by atoms with van der Waals surface area (Å²) in [6.45, 7) is 2.62. The molecule has 18 heavy (non-hydrogen) atoms. The lowest BCUT2D eigenvalue weighted by atomic mass is 10.3. The number of likely N-dealkylation sites (N-methyl/N-ethyl adjacent to an activating group) is 1. The lowest BCUT2D eigenvalue weighted by Crippen LogP contribution is -2.45. The molecule has 0 saturated carbocycles. The zero-order valence-electron chi connectivity index (χ0n) is 9.78. The molecule has 2 rings (SSSR count). The summed E-state index contributed by atoms with van der Waals surface area (Å²) in [5.74, 6) is -1.67. The summed E-state index contributed by atoms with van der Waals surface area (Å²) in [4.78, 5) is 14.1. The molecule has 1 aromatic rings. The zero-order chi connectivity index (χ0) is 13.3. The van der Waals surface area contributed by atoms with Crippen LogP contribution in [-0.2, 0) is 6.18 Å². The van der Waals surface area contributed by atoms with Gasteiger partial charge in [0.25, 0.3) is 0 Å². The SMILES string of the molecule is CN1CCN(c2nc(N)nc(C(F)(F)F)n2)CC1. The molecule has 0 amide bonds. The minimum atomic E-state index is -4.61. The summed E-state index contributed by atoms with van der Waals surface area (Å²) >= 11 is 0. The van der Waals surface area contributed by atoms with Crippen molar-refractivity contribution >= 4 is 11.9 Å². The van der Waals surface area contributed by atoms with Gasteiger partial charge in [-0.05, 0) is 7.05 Å². The van der Waals surface area contributed by atoms with Gasteiger partial charge in [-0.2, -0.15) is 28.1 Å². The van der Waals surface area contributed by atoms with Crippen molar-refractivity contribution in [2.75, 3.05) is 43.9 Å². The Balaban J connectivity index is 2.25. The van der Waals surface area contributed by atoms with E-state index in [0.717, 1.165) is 13.1 Å². The number of rotatable bonds is 1. The third kappa shape index (κ3) is 2.78. The van der Waals surface area contributed by atoms with E-state index in [1.54, 1.807) is 4.90 Å². The van der Waals surface area contributed by atoms with Crippen LogP contribution in [0.3, 0.4) is 0 Å². The van der Waals surface area contributed by atoms with Gasteiger partial charge in [0.1, 0.15) is 0 Å². The number of piperazine rings is 1. The van der Waals surface area contributed by atoms with Gasteiger partial charge in [-0.1, -0.05) is 0 Å². The van der Waals surface area contributed by atoms with Crippen molar-refractivity contribution in [1.82, 2.24) is 19.9 Å². The van der Waals surface area contributed by atoms with E-state index in [-0.39, 0.29) is 5.95 Å². The molecule has 1 aliphatic rings. The Kier molecular flexibility index (Phi) is 3.24. The van der Waals surface area contributed by atoms with Crippen molar-refractivity contribution < 1.29 is 13.2 Å². The molecule has 1 aromatic heterocycles. The average Bonchev–Trinajstić information content (AvgIpc) is 2.28. The second-order valence-corrected chi connectivity index (χ2v) is 4.11. The van der Waals surface area contributed by atoms with Crippen LogP contribution in [0.5, 0.6) is 0 Å². The van der Waals surface area contributed by atoms with Gasteiger partial charge in [0.2, 0.25) is 17.7 Å². The highest BCUT2D eigenvalue weighted by atomic mass is 19.4. The Morgan fingerprint density at radius 3 is 2.22 bits per heavy atom. The number of anilines is 2. The molecular weight excluding hydrogens is 249 g/mol. The molecule has 0 aliphatic carbocycles. The first kappa shape index (κ1) is 12.8. The number of halogens is 3. The first-order valence-corrected chi connectivity index (χ1v) is 5.38. The Hall–Kier alpha value is -1.64. The fourth-order valence-corrected chi connectivity index (χ4v) is 1.66. The van der Waals surface area contributed by atoms with Crippen LogP contribution in [0.4, 0.5) is 25.1 Å². The molecule has 0 atom stereocenters. The molecule has 6 nitrogen and oxygen atoms in total. The Bertz CT molecular complexity index is 427. The molecule has 9 heteroatoms. The molecular formula is C9H13F3N6. The highest BCUT2D eigenvalue weighted by molar-refractivity contribution is 5.35. The Morgan fingerprint density at radius 1 is 1.06 bits per heavy atom. The van der Waals surface area contributed by atoms with Gasteiger partial charge in [0, 0.05) is 26.2 Å². The molecule has 0 aromatic carbocycles. The molecule has 1 saturated heterocycles. The number of nitrogens with two attached hydrogens (primary N) is 1. The van der Waals surface area contributed by atoms with Crippen molar-refractivity contribution in [3.63, 3.8) is 0 Å². The minimum Gasteiger partial charge on any atom is -0.368 e. The number of hydrogen-bond acceptors (Lipinski definition) is 6. The van der Waals surface area contributed by atoms with Crippen molar-refractivity contribution in [3.05, 3.63) is 5.82 Å². The van der Waals surface area contributed by atoms with Gasteiger partial charge in [-0.15, -0.1) is 0 Å². The third-order valence-corrected chi connectivity index (χ3v) is 2.68. The predicted octanol–water partition coefficient (Wildman–Crippen LogP) is 0.224. The highest BCUT2D eigenvalue weighted by Crippen LogP contribution is 2.27. The normalized spacial score (nSPS) is 18.1. The number of aromatic nitrogens is 3. The lowest BCUT2D eigenvalue weighted by Gasteiger charge is -2.32. The molecule has 2 heterocycles. The molecule has 1 aliphatic heterocycles. The van der Waals surface area contributed by atoms with E-state index < -0.39 is 17.9 Å². The van der Waals surface area contributed by atoms with E-state index in [9.17, 15) is 13.2 Å². The standard InChI is InChI=1S/C9H13F3N6/c1-17-2-4-18(5-3-17)8-15-6(9(10,11)12)14-7(13)16-8/h2-5H2,1H3,(H2,13,14,15,16). The van der Waals surface area contributed by atoms with Crippen LogP contribution in [0.2, 0.25) is 0 Å². The fraction of sp³-hybridized carbons (Fsp3) is 0.667. The number of nitrogen functional groups attached to an aromatic ring is 1. The van der Waals surface area contributed by atoms with Crippen molar-refractivity contribution in [1.29, 1.82) is 0 Å². The average molecular weight is 262 g/mol. The van der Waals surface area contributed by atoms with Crippen LogP contribution in [0.1, 0.15) is 5.82 Å². The maximum atomic E-state index is 12.5. The van der Waals surface area contributed by atoms with E-state index in [2.05, 4.69) is 19.9 Å². The van der Waals surface area contributed by atoms with E-state index >= 15 is 0 Å². The number of hydrogen-bond donors (Lipinski definition) is 1. The summed E-state index contributed by atoms with van der Waals surface area (Å²) in [5, 5.41) is 0. The topological polar surface area (TPSA) is 71.2 Å². The second-order valence-electron chi connectivity index (χ2n) is 4.11. The van der Waals surface area contributed by atoms with Gasteiger partial charge in [0.05, 0.1) is 0 Å². The maximum absolute atomic E-state index is 12.5. The van der Waals surface area contributed by atoms with Crippen LogP contribution in [-0.4, -0.2) is 53.1 Å². The molecule has 0 bridgehead atoms. The van der Waals surface area contributed by atoms with Crippen molar-refractivity contribution in [2.45, 2.75) is 6.18 Å². The second kappa shape index (κ2) is 4.56. The molecule has 0 spiro atoms. The molecule has 100 valence electrons. The van der Waals surface area contributed by atoms with Gasteiger partial charge in [0.15, 0.2) is 0 Å². The highest BCUT2D eigenvalue weighted by Gasteiger charge is 2.36. The first-order chi connectivity index (χ1) is 8.36. The monoisotopic (exact) mass is 262 g/mol. The largest absolute Gasteiger partial charge is 0.451 e. The van der Waals surface area contributed by atoms with Gasteiger partial charge in [-0.25, -0.2) is 0 Å². The third-order valence-electron chi connectivity index (χ3n) is 2.68. The van der Waals surface area contributed by atoms with E-state index in [1.807, 2.05) is 7.05 Å². The van der Waals surface area contributed by atoms with E-state index in [4.69, 9.17) is 5.73 Å². The van der Waals surface area contributed by atoms with Crippen molar-refractivity contribution in [2.24, 2.45) is 0 Å². The molecule has 2 N–H and O–H groups in total. The van der Waals surface area contributed by atoms with Gasteiger partial charge < -0.3 is 15.5 Å². The summed E-state index contributed by atoms with van der Waals surface area (Å²) in [5.41, 5.74) is 5.29. The Labute approximate surface area is 102 Å². The maximum Gasteiger partial charge on any atom is 0.451 e. The molecule has 0 unspecified atom stereocenters. The number of nitrogens with zero attached hydrogens (tertiary/aromatic N) is 5. The van der Waals surface area contributed by atoms with Gasteiger partial charge >= 0.3 is 6.18 Å². The van der Waals surface area contributed by atoms with Crippen LogP contribution in [0, 0.1) is 0 Å². The summed E-state index contributed by atoms with van der Waals surface area (Å²) in [6.07, 6.45) is -4.61. The predicted molar refractivity (Wildman–Crippen MR) is 59.0 cm³/mol. The van der Waals surface area contributed by atoms with Crippen LogP contribution >= 0.6 is 0 Å². The quantitative estimate of drug-likeness (QED) is 0.781. The Morgan fingerprint density at radius 2 is 1.67 bits per heavy atom. The first-order valence-electron chi connectivity index (χ1n) is 5.38. The van der Waals surface area contributed by atoms with Crippen molar-refractivity contribution in [3.8, 4) is 0 Å². The summed E-state index contributed by atoms with van der Waals surface area (Å²) in [6, 6.07) is 0.